The minimum Gasteiger partial charge on any atom is -0.330 e. The summed E-state index contributed by atoms with van der Waals surface area (Å²) in [5, 5.41) is 3.25. The Morgan fingerprint density at radius 2 is 1.88 bits per heavy atom. The van der Waals surface area contributed by atoms with Gasteiger partial charge in [0.05, 0.1) is 0 Å². The number of halogens is 1. The Bertz CT molecular complexity index is 319. The maximum Gasteiger partial charge on any atom is 0.123 e. The van der Waals surface area contributed by atoms with Crippen LogP contribution in [-0.4, -0.2) is 13.6 Å². The predicted molar refractivity (Wildman–Crippen MR) is 65.7 cm³/mol. The molecule has 0 amide bonds. The number of hydrogen-bond donors (Lipinski definition) is 2. The smallest absolute Gasteiger partial charge is 0.123 e. The molecule has 1 atom stereocenters. The number of nitrogens with one attached hydrogen (secondary N) is 1. The SMILES string of the molecule is CNC(CC(C)(C)CN)c1ccc(F)cc1. The van der Waals surface area contributed by atoms with Gasteiger partial charge < -0.3 is 11.1 Å². The monoisotopic (exact) mass is 224 g/mol. The molecule has 2 nitrogen and oxygen atoms in total. The Morgan fingerprint density at radius 1 is 1.31 bits per heavy atom. The Morgan fingerprint density at radius 3 is 2.31 bits per heavy atom. The van der Waals surface area contributed by atoms with Crippen LogP contribution in [0.25, 0.3) is 0 Å². The topological polar surface area (TPSA) is 38.0 Å². The summed E-state index contributed by atoms with van der Waals surface area (Å²) in [6.45, 7) is 4.92. The zero-order valence-corrected chi connectivity index (χ0v) is 10.3. The fourth-order valence-electron chi connectivity index (χ4n) is 1.72. The molecule has 1 rings (SSSR count). The second-order valence-electron chi connectivity index (χ2n) is 4.97. The lowest BCUT2D eigenvalue weighted by molar-refractivity contribution is 0.299. The molecule has 1 aromatic carbocycles. The fourth-order valence-corrected chi connectivity index (χ4v) is 1.72. The molecular weight excluding hydrogens is 203 g/mol. The molecule has 0 saturated carbocycles. The molecule has 3 heteroatoms. The van der Waals surface area contributed by atoms with Gasteiger partial charge in [0.2, 0.25) is 0 Å². The van der Waals surface area contributed by atoms with Gasteiger partial charge in [-0.05, 0) is 43.1 Å². The summed E-state index contributed by atoms with van der Waals surface area (Å²) < 4.78 is 12.8. The zero-order valence-electron chi connectivity index (χ0n) is 10.3. The quantitative estimate of drug-likeness (QED) is 0.806. The average Bonchev–Trinajstić information content (AvgIpc) is 2.27. The van der Waals surface area contributed by atoms with E-state index in [-0.39, 0.29) is 17.3 Å². The minimum atomic E-state index is -0.198. The summed E-state index contributed by atoms with van der Waals surface area (Å²) in [6, 6.07) is 6.86. The van der Waals surface area contributed by atoms with E-state index in [4.69, 9.17) is 5.73 Å². The Labute approximate surface area is 97.0 Å². The van der Waals surface area contributed by atoms with Crippen LogP contribution in [0.3, 0.4) is 0 Å². The Kier molecular flexibility index (Phi) is 4.44. The van der Waals surface area contributed by atoms with E-state index in [1.165, 1.54) is 12.1 Å². The first-order valence-corrected chi connectivity index (χ1v) is 5.61. The normalized spacial score (nSPS) is 13.8. The lowest BCUT2D eigenvalue weighted by Gasteiger charge is -2.28. The fraction of sp³-hybridized carbons (Fsp3) is 0.538. The van der Waals surface area contributed by atoms with Crippen molar-refractivity contribution >= 4 is 0 Å². The number of hydrogen-bond acceptors (Lipinski definition) is 2. The van der Waals surface area contributed by atoms with Crippen LogP contribution in [0.2, 0.25) is 0 Å². The average molecular weight is 224 g/mol. The summed E-state index contributed by atoms with van der Waals surface area (Å²) in [5.41, 5.74) is 6.91. The molecule has 0 heterocycles. The molecule has 0 saturated heterocycles. The van der Waals surface area contributed by atoms with Crippen molar-refractivity contribution in [2.24, 2.45) is 11.1 Å². The van der Waals surface area contributed by atoms with Crippen LogP contribution in [0.1, 0.15) is 31.9 Å². The van der Waals surface area contributed by atoms with Crippen molar-refractivity contribution < 1.29 is 4.39 Å². The van der Waals surface area contributed by atoms with Crippen molar-refractivity contribution in [1.82, 2.24) is 5.32 Å². The molecule has 1 aromatic rings. The molecule has 0 radical (unpaired) electrons. The molecule has 0 aromatic heterocycles. The Hall–Kier alpha value is -0.930. The molecule has 0 spiro atoms. The van der Waals surface area contributed by atoms with E-state index in [9.17, 15) is 4.39 Å². The van der Waals surface area contributed by atoms with Gasteiger partial charge in [0, 0.05) is 6.04 Å². The van der Waals surface area contributed by atoms with Crippen LogP contribution in [0.4, 0.5) is 4.39 Å². The third-order valence-corrected chi connectivity index (χ3v) is 2.93. The molecule has 0 fully saturated rings. The molecule has 3 N–H and O–H groups in total. The first-order valence-electron chi connectivity index (χ1n) is 5.61. The van der Waals surface area contributed by atoms with Gasteiger partial charge in [0.15, 0.2) is 0 Å². The Balaban J connectivity index is 2.78. The van der Waals surface area contributed by atoms with E-state index < -0.39 is 0 Å². The highest BCUT2D eigenvalue weighted by molar-refractivity contribution is 5.20. The molecule has 90 valence electrons. The first-order chi connectivity index (χ1) is 7.48. The van der Waals surface area contributed by atoms with Gasteiger partial charge in [-0.15, -0.1) is 0 Å². The van der Waals surface area contributed by atoms with E-state index in [2.05, 4.69) is 19.2 Å². The zero-order chi connectivity index (χ0) is 12.2. The maximum atomic E-state index is 12.8. The van der Waals surface area contributed by atoms with E-state index in [0.29, 0.717) is 6.54 Å². The molecule has 16 heavy (non-hydrogen) atoms. The highest BCUT2D eigenvalue weighted by Crippen LogP contribution is 2.28. The van der Waals surface area contributed by atoms with Gasteiger partial charge in [-0.3, -0.25) is 0 Å². The second-order valence-corrected chi connectivity index (χ2v) is 4.97. The highest BCUT2D eigenvalue weighted by atomic mass is 19.1. The van der Waals surface area contributed by atoms with Gasteiger partial charge in [0.25, 0.3) is 0 Å². The summed E-state index contributed by atoms with van der Waals surface area (Å²) in [7, 11) is 1.92. The van der Waals surface area contributed by atoms with Crippen LogP contribution >= 0.6 is 0 Å². The predicted octanol–water partition coefficient (Wildman–Crippen LogP) is 2.46. The third kappa shape index (κ3) is 3.58. The van der Waals surface area contributed by atoms with Crippen molar-refractivity contribution in [3.05, 3.63) is 35.6 Å². The largest absolute Gasteiger partial charge is 0.330 e. The van der Waals surface area contributed by atoms with Crippen LogP contribution < -0.4 is 11.1 Å². The molecule has 0 aliphatic carbocycles. The van der Waals surface area contributed by atoms with Crippen LogP contribution in [0.5, 0.6) is 0 Å². The van der Waals surface area contributed by atoms with Crippen LogP contribution in [0.15, 0.2) is 24.3 Å². The van der Waals surface area contributed by atoms with Gasteiger partial charge in [0.1, 0.15) is 5.82 Å². The molecule has 0 bridgehead atoms. The molecule has 1 unspecified atom stereocenters. The summed E-state index contributed by atoms with van der Waals surface area (Å²) in [6.07, 6.45) is 0.936. The summed E-state index contributed by atoms with van der Waals surface area (Å²) in [4.78, 5) is 0. The number of benzene rings is 1. The van der Waals surface area contributed by atoms with Gasteiger partial charge in [-0.1, -0.05) is 26.0 Å². The van der Waals surface area contributed by atoms with E-state index in [1.807, 2.05) is 19.2 Å². The highest BCUT2D eigenvalue weighted by Gasteiger charge is 2.21. The lowest BCUT2D eigenvalue weighted by atomic mass is 9.83. The van der Waals surface area contributed by atoms with E-state index in [0.717, 1.165) is 12.0 Å². The summed E-state index contributed by atoms with van der Waals surface area (Å²) >= 11 is 0. The van der Waals surface area contributed by atoms with Crippen LogP contribution in [0, 0.1) is 11.2 Å². The first kappa shape index (κ1) is 13.1. The van der Waals surface area contributed by atoms with Crippen molar-refractivity contribution in [2.75, 3.05) is 13.6 Å². The van der Waals surface area contributed by atoms with E-state index in [1.54, 1.807) is 0 Å². The second kappa shape index (κ2) is 5.41. The van der Waals surface area contributed by atoms with Crippen molar-refractivity contribution in [3.63, 3.8) is 0 Å². The lowest BCUT2D eigenvalue weighted by Crippen LogP contribution is -2.30. The minimum absolute atomic E-state index is 0.0854. The van der Waals surface area contributed by atoms with Crippen LogP contribution in [-0.2, 0) is 0 Å². The molecule has 0 aliphatic rings. The number of nitrogens with two attached hydrogens (primary N) is 1. The maximum absolute atomic E-state index is 12.8. The van der Waals surface area contributed by atoms with Gasteiger partial charge >= 0.3 is 0 Å². The van der Waals surface area contributed by atoms with Crippen molar-refractivity contribution in [2.45, 2.75) is 26.3 Å². The van der Waals surface area contributed by atoms with Gasteiger partial charge in [-0.2, -0.15) is 0 Å². The van der Waals surface area contributed by atoms with E-state index >= 15 is 0 Å². The third-order valence-electron chi connectivity index (χ3n) is 2.93. The molecular formula is C13H21FN2. The number of rotatable bonds is 5. The molecule has 0 aliphatic heterocycles. The standard InChI is InChI=1S/C13H21FN2/c1-13(2,9-15)8-12(16-3)10-4-6-11(14)7-5-10/h4-7,12,16H,8-9,15H2,1-3H3. The van der Waals surface area contributed by atoms with Gasteiger partial charge in [-0.25, -0.2) is 4.39 Å². The summed E-state index contributed by atoms with van der Waals surface area (Å²) in [5.74, 6) is -0.198. The van der Waals surface area contributed by atoms with Crippen molar-refractivity contribution in [1.29, 1.82) is 0 Å². The van der Waals surface area contributed by atoms with Crippen molar-refractivity contribution in [3.8, 4) is 0 Å².